The monoisotopic (exact) mass is 476 g/mol. The lowest BCUT2D eigenvalue weighted by molar-refractivity contribution is 0.0706. The minimum Gasteiger partial charge on any atom is -0.366 e. The predicted molar refractivity (Wildman–Crippen MR) is 126 cm³/mol. The van der Waals surface area contributed by atoms with E-state index in [1.165, 1.54) is 18.3 Å². The highest BCUT2D eigenvalue weighted by atomic mass is 16.5. The number of primary amides is 1. The maximum Gasteiger partial charge on any atom is 0.323 e. The van der Waals surface area contributed by atoms with Crippen LogP contribution in [0.5, 0.6) is 0 Å². The van der Waals surface area contributed by atoms with Crippen molar-refractivity contribution < 1.29 is 19.6 Å². The summed E-state index contributed by atoms with van der Waals surface area (Å²) in [6.07, 6.45) is 3.92. The summed E-state index contributed by atoms with van der Waals surface area (Å²) in [7, 11) is 0. The van der Waals surface area contributed by atoms with Gasteiger partial charge >= 0.3 is 6.03 Å². The molecule has 2 aromatic heterocycles. The molecule has 2 unspecified atom stereocenters. The number of nitrogens with two attached hydrogens (primary N) is 1. The van der Waals surface area contributed by atoms with Gasteiger partial charge in [0.15, 0.2) is 0 Å². The summed E-state index contributed by atoms with van der Waals surface area (Å²) in [6.45, 7) is 2.85. The predicted octanol–water partition coefficient (Wildman–Crippen LogP) is 1.23. The summed E-state index contributed by atoms with van der Waals surface area (Å²) in [5, 5.41) is 11.5. The van der Waals surface area contributed by atoms with Crippen molar-refractivity contribution in [1.82, 2.24) is 25.3 Å². The second-order valence-electron chi connectivity index (χ2n) is 8.76. The third kappa shape index (κ3) is 4.55. The zero-order valence-electron chi connectivity index (χ0n) is 18.7. The Hall–Kier alpha value is -4.32. The SMILES string of the molecule is NC(=O)c1ccc2nc(N3CCC4CN(C(=O)Nc5ccc(C(=O)NO)cn5)CC4C3)cnc2c1. The molecular weight excluding hydrogens is 452 g/mol. The molecule has 2 fully saturated rings. The van der Waals surface area contributed by atoms with E-state index in [0.29, 0.717) is 47.3 Å². The second kappa shape index (κ2) is 9.14. The zero-order valence-corrected chi connectivity index (χ0v) is 18.7. The van der Waals surface area contributed by atoms with E-state index >= 15 is 0 Å². The van der Waals surface area contributed by atoms with Crippen LogP contribution in [-0.2, 0) is 0 Å². The molecule has 180 valence electrons. The number of fused-ring (bicyclic) bond motifs is 2. The highest BCUT2D eigenvalue weighted by molar-refractivity contribution is 5.96. The average molecular weight is 476 g/mol. The van der Waals surface area contributed by atoms with Gasteiger partial charge in [0.1, 0.15) is 11.6 Å². The topological polar surface area (TPSA) is 167 Å². The third-order valence-corrected chi connectivity index (χ3v) is 6.59. The Labute approximate surface area is 200 Å². The number of aromatic nitrogens is 3. The number of piperidine rings is 1. The van der Waals surface area contributed by atoms with Crippen LogP contribution in [0.15, 0.2) is 42.7 Å². The first-order chi connectivity index (χ1) is 16.9. The van der Waals surface area contributed by atoms with Crippen molar-refractivity contribution in [3.8, 4) is 0 Å². The minimum atomic E-state index is -0.671. The Bertz CT molecular complexity index is 1300. The van der Waals surface area contributed by atoms with E-state index in [-0.39, 0.29) is 11.6 Å². The highest BCUT2D eigenvalue weighted by Crippen LogP contribution is 2.33. The van der Waals surface area contributed by atoms with Gasteiger partial charge in [0.25, 0.3) is 5.91 Å². The average Bonchev–Trinajstić information content (AvgIpc) is 3.32. The van der Waals surface area contributed by atoms with E-state index in [1.54, 1.807) is 34.8 Å². The fraction of sp³-hybridized carbons (Fsp3) is 0.304. The fourth-order valence-corrected chi connectivity index (χ4v) is 4.70. The Kier molecular flexibility index (Phi) is 5.87. The Morgan fingerprint density at radius 2 is 1.77 bits per heavy atom. The number of hydroxylamine groups is 1. The molecule has 12 nitrogen and oxygen atoms in total. The van der Waals surface area contributed by atoms with Gasteiger partial charge in [-0.3, -0.25) is 25.1 Å². The molecule has 4 amide bonds. The quantitative estimate of drug-likeness (QED) is 0.322. The summed E-state index contributed by atoms with van der Waals surface area (Å²) in [4.78, 5) is 52.8. The van der Waals surface area contributed by atoms with Crippen molar-refractivity contribution in [2.45, 2.75) is 6.42 Å². The lowest BCUT2D eigenvalue weighted by Crippen LogP contribution is -2.40. The van der Waals surface area contributed by atoms with Crippen molar-refractivity contribution in [3.05, 3.63) is 53.9 Å². The number of hydrogen-bond acceptors (Lipinski definition) is 8. The van der Waals surface area contributed by atoms with Gasteiger partial charge in [-0.2, -0.15) is 0 Å². The van der Waals surface area contributed by atoms with Gasteiger partial charge in [0.05, 0.1) is 22.8 Å². The molecule has 0 radical (unpaired) electrons. The van der Waals surface area contributed by atoms with E-state index in [0.717, 1.165) is 25.3 Å². The van der Waals surface area contributed by atoms with Crippen molar-refractivity contribution >= 4 is 40.5 Å². The maximum atomic E-state index is 12.8. The number of benzene rings is 1. The molecule has 0 spiro atoms. The van der Waals surface area contributed by atoms with E-state index in [9.17, 15) is 14.4 Å². The van der Waals surface area contributed by atoms with Crippen LogP contribution in [0.3, 0.4) is 0 Å². The van der Waals surface area contributed by atoms with Gasteiger partial charge in [-0.05, 0) is 48.6 Å². The van der Waals surface area contributed by atoms with E-state index in [2.05, 4.69) is 20.2 Å². The molecule has 12 heteroatoms. The fourth-order valence-electron chi connectivity index (χ4n) is 4.70. The number of rotatable bonds is 4. The molecule has 0 saturated carbocycles. The molecule has 0 bridgehead atoms. The molecule has 5 rings (SSSR count). The number of pyridine rings is 1. The summed E-state index contributed by atoms with van der Waals surface area (Å²) < 4.78 is 0. The Balaban J connectivity index is 1.22. The van der Waals surface area contributed by atoms with Crippen LogP contribution in [0.25, 0.3) is 11.0 Å². The first-order valence-corrected chi connectivity index (χ1v) is 11.2. The molecule has 4 heterocycles. The van der Waals surface area contributed by atoms with Gasteiger partial charge in [-0.1, -0.05) is 0 Å². The lowest BCUT2D eigenvalue weighted by Gasteiger charge is -2.34. The van der Waals surface area contributed by atoms with Crippen LogP contribution >= 0.6 is 0 Å². The van der Waals surface area contributed by atoms with Crippen molar-refractivity contribution in [3.63, 3.8) is 0 Å². The molecule has 2 atom stereocenters. The van der Waals surface area contributed by atoms with Crippen LogP contribution in [0.1, 0.15) is 27.1 Å². The second-order valence-corrected chi connectivity index (χ2v) is 8.76. The van der Waals surface area contributed by atoms with Crippen LogP contribution < -0.4 is 21.4 Å². The minimum absolute atomic E-state index is 0.183. The number of likely N-dealkylation sites (tertiary alicyclic amines) is 1. The van der Waals surface area contributed by atoms with Gasteiger partial charge in [0.2, 0.25) is 5.91 Å². The Morgan fingerprint density at radius 3 is 2.51 bits per heavy atom. The smallest absolute Gasteiger partial charge is 0.323 e. The number of urea groups is 1. The number of nitrogens with zero attached hydrogens (tertiary/aromatic N) is 5. The van der Waals surface area contributed by atoms with Crippen LogP contribution in [0.2, 0.25) is 0 Å². The van der Waals surface area contributed by atoms with Gasteiger partial charge in [0, 0.05) is 37.9 Å². The number of amides is 4. The summed E-state index contributed by atoms with van der Waals surface area (Å²) >= 11 is 0. The summed E-state index contributed by atoms with van der Waals surface area (Å²) in [5.41, 5.74) is 8.77. The van der Waals surface area contributed by atoms with Gasteiger partial charge < -0.3 is 15.5 Å². The van der Waals surface area contributed by atoms with E-state index < -0.39 is 11.8 Å². The van der Waals surface area contributed by atoms with E-state index in [1.807, 2.05) is 0 Å². The lowest BCUT2D eigenvalue weighted by atomic mass is 9.89. The third-order valence-electron chi connectivity index (χ3n) is 6.59. The first-order valence-electron chi connectivity index (χ1n) is 11.2. The molecule has 0 aliphatic carbocycles. The maximum absolute atomic E-state index is 12.8. The molecule has 2 aliphatic rings. The number of anilines is 2. The normalized spacial score (nSPS) is 19.3. The molecule has 3 aromatic rings. The van der Waals surface area contributed by atoms with Crippen LogP contribution in [0, 0.1) is 11.8 Å². The van der Waals surface area contributed by atoms with Crippen molar-refractivity contribution in [2.24, 2.45) is 17.6 Å². The largest absolute Gasteiger partial charge is 0.366 e. The molecule has 2 saturated heterocycles. The van der Waals surface area contributed by atoms with Gasteiger partial charge in [-0.25, -0.2) is 20.2 Å². The number of hydrogen-bond donors (Lipinski definition) is 4. The van der Waals surface area contributed by atoms with Crippen molar-refractivity contribution in [1.29, 1.82) is 0 Å². The van der Waals surface area contributed by atoms with Crippen LogP contribution in [0.4, 0.5) is 16.4 Å². The van der Waals surface area contributed by atoms with E-state index in [4.69, 9.17) is 15.9 Å². The highest BCUT2D eigenvalue weighted by Gasteiger charge is 2.39. The molecule has 2 aliphatic heterocycles. The molecule has 5 N–H and O–H groups in total. The number of nitrogens with one attached hydrogen (secondary N) is 2. The number of carbonyl (C=O) groups excluding carboxylic acids is 3. The van der Waals surface area contributed by atoms with Crippen molar-refractivity contribution in [2.75, 3.05) is 36.4 Å². The molecule has 35 heavy (non-hydrogen) atoms. The molecular formula is C23H24N8O4. The van der Waals surface area contributed by atoms with Gasteiger partial charge in [-0.15, -0.1) is 0 Å². The van der Waals surface area contributed by atoms with Crippen LogP contribution in [-0.4, -0.2) is 69.1 Å². The molecule has 1 aromatic carbocycles. The first kappa shape index (κ1) is 22.5. The zero-order chi connectivity index (χ0) is 24.5. The Morgan fingerprint density at radius 1 is 0.971 bits per heavy atom. The summed E-state index contributed by atoms with van der Waals surface area (Å²) in [6, 6.07) is 7.77. The number of carbonyl (C=O) groups is 3. The standard InChI is InChI=1S/C23H24N8O4/c24-21(32)13-1-3-17-18(7-13)25-9-20(27-17)30-6-5-15-10-31(12-16(15)11-30)23(34)28-19-4-2-14(8-26-19)22(33)29-35/h1-4,7-9,15-16,35H,5-6,10-12H2,(H2,24,32)(H,29,33)(H,26,28,34). The summed E-state index contributed by atoms with van der Waals surface area (Å²) in [5.74, 6) is 0.611.